The topological polar surface area (TPSA) is 156 Å². The third kappa shape index (κ3) is 4.33. The second kappa shape index (κ2) is 9.69. The normalized spacial score (nSPS) is 16.0. The fourth-order valence-electron chi connectivity index (χ4n) is 4.96. The van der Waals surface area contributed by atoms with Gasteiger partial charge in [-0.1, -0.05) is 6.07 Å². The second-order valence-corrected chi connectivity index (χ2v) is 9.23. The quantitative estimate of drug-likeness (QED) is 0.283. The Balaban J connectivity index is 1.70. The van der Waals surface area contributed by atoms with Crippen LogP contribution in [0.4, 0.5) is 11.6 Å². The molecule has 12 heteroatoms. The fraction of sp³-hybridized carbons (Fsp3) is 0.400. The lowest BCUT2D eigenvalue weighted by Gasteiger charge is -2.31. The van der Waals surface area contributed by atoms with Crippen molar-refractivity contribution in [3.8, 4) is 0 Å². The van der Waals surface area contributed by atoms with E-state index in [0.29, 0.717) is 35.9 Å². The Kier molecular flexibility index (Phi) is 6.42. The number of esters is 1. The lowest BCUT2D eigenvalue weighted by Crippen LogP contribution is -2.44. The van der Waals surface area contributed by atoms with Gasteiger partial charge in [-0.05, 0) is 44.0 Å². The highest BCUT2D eigenvalue weighted by molar-refractivity contribution is 5.90. The molecule has 1 fully saturated rings. The first-order chi connectivity index (χ1) is 17.8. The number of hydrogen-bond donors (Lipinski definition) is 2. The van der Waals surface area contributed by atoms with Gasteiger partial charge >= 0.3 is 11.7 Å². The van der Waals surface area contributed by atoms with Crippen molar-refractivity contribution in [2.75, 3.05) is 30.8 Å². The lowest BCUT2D eigenvalue weighted by molar-refractivity contribution is -0.141. The molecule has 12 nitrogen and oxygen atoms in total. The molecule has 3 aromatic heterocycles. The van der Waals surface area contributed by atoms with Gasteiger partial charge in [0.05, 0.1) is 24.9 Å². The lowest BCUT2D eigenvalue weighted by atomic mass is 10.1. The monoisotopic (exact) mass is 506 g/mol. The summed E-state index contributed by atoms with van der Waals surface area (Å²) in [5.41, 5.74) is 13.2. The summed E-state index contributed by atoms with van der Waals surface area (Å²) in [4.78, 5) is 51.0. The number of aromatic nitrogens is 5. The van der Waals surface area contributed by atoms with Gasteiger partial charge in [0.1, 0.15) is 6.54 Å². The van der Waals surface area contributed by atoms with E-state index < -0.39 is 17.2 Å². The van der Waals surface area contributed by atoms with Crippen LogP contribution >= 0.6 is 0 Å². The zero-order chi connectivity index (χ0) is 26.3. The summed E-state index contributed by atoms with van der Waals surface area (Å²) in [7, 11) is 1.25. The Morgan fingerprint density at radius 2 is 1.95 bits per heavy atom. The SMILES string of the molecule is CCn1c(N2CCCC(N)C2)nc2c1c(=O)n(Cc1ccc3c(N)cccc3n1)c(=O)n2CC(=O)OC. The molecule has 0 radical (unpaired) electrons. The van der Waals surface area contributed by atoms with Gasteiger partial charge in [-0.25, -0.2) is 4.79 Å². The van der Waals surface area contributed by atoms with Gasteiger partial charge < -0.3 is 25.7 Å². The minimum atomic E-state index is -0.667. The number of aryl methyl sites for hydroxylation is 1. The van der Waals surface area contributed by atoms with E-state index in [0.717, 1.165) is 29.3 Å². The molecule has 4 aromatic rings. The maximum absolute atomic E-state index is 13.8. The molecule has 0 bridgehead atoms. The second-order valence-electron chi connectivity index (χ2n) is 9.23. The number of piperidine rings is 1. The maximum atomic E-state index is 13.8. The molecule has 1 atom stereocenters. The number of rotatable bonds is 6. The van der Waals surface area contributed by atoms with Crippen molar-refractivity contribution in [2.24, 2.45) is 5.73 Å². The van der Waals surface area contributed by atoms with Gasteiger partial charge in [-0.2, -0.15) is 4.98 Å². The number of nitrogen functional groups attached to an aromatic ring is 1. The largest absolute Gasteiger partial charge is 0.468 e. The fourth-order valence-corrected chi connectivity index (χ4v) is 4.96. The number of benzene rings is 1. The number of imidazole rings is 1. The van der Waals surface area contributed by atoms with Crippen molar-refractivity contribution >= 4 is 39.7 Å². The van der Waals surface area contributed by atoms with Crippen molar-refractivity contribution in [3.63, 3.8) is 0 Å². The van der Waals surface area contributed by atoms with Gasteiger partial charge in [-0.15, -0.1) is 0 Å². The number of methoxy groups -OCH3 is 1. The average Bonchev–Trinajstić information content (AvgIpc) is 3.29. The van der Waals surface area contributed by atoms with E-state index in [4.69, 9.17) is 21.2 Å². The van der Waals surface area contributed by atoms with Crippen molar-refractivity contribution in [1.82, 2.24) is 23.7 Å². The minimum absolute atomic E-state index is 0.0131. The standard InChI is InChI=1S/C25H30N8O4/c1-3-31-21-22(29-24(31)30-11-5-6-15(26)12-30)32(14-20(34)37-2)25(36)33(23(21)35)13-16-9-10-17-18(27)7-4-8-19(17)28-16/h4,7-10,15H,3,5-6,11-14,26-27H2,1-2H3. The predicted octanol–water partition coefficient (Wildman–Crippen LogP) is 0.659. The smallest absolute Gasteiger partial charge is 0.333 e. The van der Waals surface area contributed by atoms with Crippen LogP contribution in [0, 0.1) is 0 Å². The molecule has 0 aliphatic carbocycles. The van der Waals surface area contributed by atoms with Crippen LogP contribution in [0.15, 0.2) is 39.9 Å². The molecular weight excluding hydrogens is 476 g/mol. The molecule has 1 saturated heterocycles. The summed E-state index contributed by atoms with van der Waals surface area (Å²) < 4.78 is 8.90. The highest BCUT2D eigenvalue weighted by Gasteiger charge is 2.27. The van der Waals surface area contributed by atoms with Crippen LogP contribution in [0.2, 0.25) is 0 Å². The molecule has 0 amide bonds. The molecule has 37 heavy (non-hydrogen) atoms. The molecule has 0 saturated carbocycles. The first-order valence-electron chi connectivity index (χ1n) is 12.3. The Morgan fingerprint density at radius 3 is 2.68 bits per heavy atom. The van der Waals surface area contributed by atoms with E-state index in [9.17, 15) is 14.4 Å². The molecule has 194 valence electrons. The van der Waals surface area contributed by atoms with E-state index in [2.05, 4.69) is 4.98 Å². The number of carbonyl (C=O) groups is 1. The van der Waals surface area contributed by atoms with E-state index in [-0.39, 0.29) is 30.3 Å². The molecular formula is C25H30N8O4. The highest BCUT2D eigenvalue weighted by atomic mass is 16.5. The van der Waals surface area contributed by atoms with Gasteiger partial charge in [0.15, 0.2) is 11.2 Å². The van der Waals surface area contributed by atoms with Crippen LogP contribution in [0.1, 0.15) is 25.5 Å². The summed E-state index contributed by atoms with van der Waals surface area (Å²) in [6.07, 6.45) is 1.80. The zero-order valence-electron chi connectivity index (χ0n) is 20.9. The zero-order valence-corrected chi connectivity index (χ0v) is 20.9. The number of hydrogen-bond acceptors (Lipinski definition) is 9. The molecule has 1 aliphatic rings. The molecule has 4 heterocycles. The number of fused-ring (bicyclic) bond motifs is 2. The van der Waals surface area contributed by atoms with Crippen LogP contribution < -0.4 is 27.6 Å². The third-order valence-corrected chi connectivity index (χ3v) is 6.81. The van der Waals surface area contributed by atoms with Gasteiger partial charge in [0, 0.05) is 36.7 Å². The number of nitrogens with zero attached hydrogens (tertiary/aromatic N) is 6. The first kappa shape index (κ1) is 24.5. The van der Waals surface area contributed by atoms with Crippen molar-refractivity contribution < 1.29 is 9.53 Å². The maximum Gasteiger partial charge on any atom is 0.333 e. The molecule has 5 rings (SSSR count). The van der Waals surface area contributed by atoms with Crippen molar-refractivity contribution in [3.05, 3.63) is 56.9 Å². The Morgan fingerprint density at radius 1 is 1.14 bits per heavy atom. The predicted molar refractivity (Wildman–Crippen MR) is 141 cm³/mol. The minimum Gasteiger partial charge on any atom is -0.468 e. The summed E-state index contributed by atoms with van der Waals surface area (Å²) in [5.74, 6) is -0.0691. The Bertz CT molecular complexity index is 1620. The van der Waals surface area contributed by atoms with E-state index in [1.165, 1.54) is 11.7 Å². The molecule has 4 N–H and O–H groups in total. The third-order valence-electron chi connectivity index (χ3n) is 6.81. The van der Waals surface area contributed by atoms with Crippen LogP contribution in [0.25, 0.3) is 22.1 Å². The molecule has 1 unspecified atom stereocenters. The summed E-state index contributed by atoms with van der Waals surface area (Å²) in [5, 5.41) is 0.783. The van der Waals surface area contributed by atoms with Crippen LogP contribution in [0.5, 0.6) is 0 Å². The van der Waals surface area contributed by atoms with Crippen LogP contribution in [-0.4, -0.2) is 55.9 Å². The summed E-state index contributed by atoms with van der Waals surface area (Å²) >= 11 is 0. The van der Waals surface area contributed by atoms with E-state index in [1.807, 2.05) is 24.0 Å². The number of pyridine rings is 1. The van der Waals surface area contributed by atoms with Crippen molar-refractivity contribution in [2.45, 2.75) is 45.4 Å². The van der Waals surface area contributed by atoms with E-state index >= 15 is 0 Å². The van der Waals surface area contributed by atoms with Crippen LogP contribution in [0.3, 0.4) is 0 Å². The number of anilines is 2. The molecule has 1 aromatic carbocycles. The number of ether oxygens (including phenoxy) is 1. The van der Waals surface area contributed by atoms with Gasteiger partial charge in [-0.3, -0.25) is 23.7 Å². The van der Waals surface area contributed by atoms with Crippen molar-refractivity contribution in [1.29, 1.82) is 0 Å². The summed E-state index contributed by atoms with van der Waals surface area (Å²) in [6, 6.07) is 8.93. The number of carbonyl (C=O) groups excluding carboxylic acids is 1. The first-order valence-corrected chi connectivity index (χ1v) is 12.3. The highest BCUT2D eigenvalue weighted by Crippen LogP contribution is 2.23. The van der Waals surface area contributed by atoms with Gasteiger partial charge in [0.25, 0.3) is 5.56 Å². The van der Waals surface area contributed by atoms with Crippen LogP contribution in [-0.2, 0) is 29.2 Å². The molecule has 1 aliphatic heterocycles. The summed E-state index contributed by atoms with van der Waals surface area (Å²) in [6.45, 7) is 3.20. The molecule has 0 spiro atoms. The average molecular weight is 507 g/mol. The Hall–Kier alpha value is -4.19. The Labute approximate surface area is 212 Å². The number of nitrogens with two attached hydrogens (primary N) is 2. The van der Waals surface area contributed by atoms with Gasteiger partial charge in [0.2, 0.25) is 5.95 Å². The van der Waals surface area contributed by atoms with E-state index in [1.54, 1.807) is 22.8 Å².